The second-order valence-corrected chi connectivity index (χ2v) is 6.11. The van der Waals surface area contributed by atoms with E-state index in [4.69, 9.17) is 0 Å². The second kappa shape index (κ2) is 7.23. The van der Waals surface area contributed by atoms with Crippen LogP contribution in [-0.2, 0) is 4.79 Å². The number of nitrogens with one attached hydrogen (secondary N) is 1. The Labute approximate surface area is 151 Å². The van der Waals surface area contributed by atoms with Gasteiger partial charge in [0.25, 0.3) is 11.5 Å². The molecule has 0 fully saturated rings. The van der Waals surface area contributed by atoms with E-state index >= 15 is 0 Å². The van der Waals surface area contributed by atoms with Crippen LogP contribution in [0.4, 0.5) is 5.69 Å². The molecule has 132 valence electrons. The fourth-order valence-corrected chi connectivity index (χ4v) is 2.58. The molecule has 0 radical (unpaired) electrons. The van der Waals surface area contributed by atoms with Crippen molar-refractivity contribution in [3.8, 4) is 0 Å². The first-order valence-electron chi connectivity index (χ1n) is 8.20. The van der Waals surface area contributed by atoms with Crippen molar-refractivity contribution in [1.82, 2.24) is 9.66 Å². The summed E-state index contributed by atoms with van der Waals surface area (Å²) in [6, 6.07) is 14.8. The minimum atomic E-state index is -0.399. The summed E-state index contributed by atoms with van der Waals surface area (Å²) < 4.78 is 1.17. The van der Waals surface area contributed by atoms with Gasteiger partial charge in [0.15, 0.2) is 0 Å². The van der Waals surface area contributed by atoms with Gasteiger partial charge in [0, 0.05) is 25.9 Å². The number of aryl methyl sites for hydroxylation is 1. The Morgan fingerprint density at radius 1 is 1.12 bits per heavy atom. The number of rotatable bonds is 4. The number of aromatic nitrogens is 2. The monoisotopic (exact) mass is 348 g/mol. The summed E-state index contributed by atoms with van der Waals surface area (Å²) in [6.07, 6.45) is 3.09. The molecule has 0 atom stereocenters. The molecule has 3 rings (SSSR count). The minimum absolute atomic E-state index is 0.301. The summed E-state index contributed by atoms with van der Waals surface area (Å²) in [5.74, 6) is 0.0229. The number of para-hydroxylation sites is 1. The Balaban J connectivity index is 1.80. The topological polar surface area (TPSA) is 67.2 Å². The number of fused-ring (bicyclic) bond motifs is 1. The highest BCUT2D eigenvalue weighted by Crippen LogP contribution is 2.13. The van der Waals surface area contributed by atoms with Gasteiger partial charge < -0.3 is 4.90 Å². The lowest BCUT2D eigenvalue weighted by atomic mass is 10.2. The largest absolute Gasteiger partial charge is 0.378 e. The average Bonchev–Trinajstić information content (AvgIpc) is 2.64. The van der Waals surface area contributed by atoms with Crippen LogP contribution in [0.25, 0.3) is 17.0 Å². The fraction of sp³-hybridized carbons (Fsp3) is 0.150. The van der Waals surface area contributed by atoms with Crippen LogP contribution in [0.5, 0.6) is 0 Å². The Bertz CT molecular complexity index is 1030. The molecular formula is C20H20N4O2. The molecule has 0 spiro atoms. The van der Waals surface area contributed by atoms with Gasteiger partial charge in [-0.3, -0.25) is 15.0 Å². The SMILES string of the molecule is Cc1nc2ccccc2c(=O)n1NC(=O)/C=C/c1ccc(N(C)C)cc1. The van der Waals surface area contributed by atoms with Crippen LogP contribution >= 0.6 is 0 Å². The first-order valence-corrected chi connectivity index (χ1v) is 8.20. The van der Waals surface area contributed by atoms with Crippen LogP contribution in [0.1, 0.15) is 11.4 Å². The van der Waals surface area contributed by atoms with Gasteiger partial charge >= 0.3 is 0 Å². The number of carbonyl (C=O) groups is 1. The first kappa shape index (κ1) is 17.4. The molecule has 1 N–H and O–H groups in total. The second-order valence-electron chi connectivity index (χ2n) is 6.11. The van der Waals surface area contributed by atoms with Gasteiger partial charge in [0.05, 0.1) is 10.9 Å². The zero-order valence-corrected chi connectivity index (χ0v) is 14.9. The number of hydrogen-bond acceptors (Lipinski definition) is 4. The van der Waals surface area contributed by atoms with E-state index in [1.165, 1.54) is 10.8 Å². The number of carbonyl (C=O) groups excluding carboxylic acids is 1. The zero-order chi connectivity index (χ0) is 18.7. The third-order valence-corrected chi connectivity index (χ3v) is 4.00. The fourth-order valence-electron chi connectivity index (χ4n) is 2.58. The van der Waals surface area contributed by atoms with E-state index in [0.717, 1.165) is 11.3 Å². The predicted molar refractivity (Wildman–Crippen MR) is 105 cm³/mol. The van der Waals surface area contributed by atoms with E-state index in [9.17, 15) is 9.59 Å². The van der Waals surface area contributed by atoms with Crippen LogP contribution in [0.2, 0.25) is 0 Å². The van der Waals surface area contributed by atoms with Gasteiger partial charge in [-0.2, -0.15) is 0 Å². The molecule has 0 aliphatic heterocycles. The van der Waals surface area contributed by atoms with Crippen LogP contribution in [-0.4, -0.2) is 29.7 Å². The Morgan fingerprint density at radius 2 is 1.81 bits per heavy atom. The van der Waals surface area contributed by atoms with E-state index in [1.807, 2.05) is 49.3 Å². The van der Waals surface area contributed by atoms with Gasteiger partial charge in [-0.05, 0) is 42.8 Å². The van der Waals surface area contributed by atoms with Gasteiger partial charge in [-0.1, -0.05) is 24.3 Å². The van der Waals surface area contributed by atoms with E-state index in [2.05, 4.69) is 10.4 Å². The summed E-state index contributed by atoms with van der Waals surface area (Å²) in [5.41, 5.74) is 4.86. The Kier molecular flexibility index (Phi) is 4.84. The highest BCUT2D eigenvalue weighted by molar-refractivity contribution is 5.97. The van der Waals surface area contributed by atoms with Crippen molar-refractivity contribution in [2.75, 3.05) is 24.4 Å². The average molecular weight is 348 g/mol. The van der Waals surface area contributed by atoms with E-state index in [1.54, 1.807) is 31.2 Å². The smallest absolute Gasteiger partial charge is 0.280 e. The molecule has 0 aliphatic rings. The third kappa shape index (κ3) is 3.64. The molecule has 1 heterocycles. The van der Waals surface area contributed by atoms with Crippen molar-refractivity contribution in [1.29, 1.82) is 0 Å². The maximum Gasteiger partial charge on any atom is 0.280 e. The highest BCUT2D eigenvalue weighted by atomic mass is 16.2. The number of nitrogens with zero attached hydrogens (tertiary/aromatic N) is 3. The summed E-state index contributed by atoms with van der Waals surface area (Å²) in [6.45, 7) is 1.68. The van der Waals surface area contributed by atoms with Crippen LogP contribution < -0.4 is 15.9 Å². The van der Waals surface area contributed by atoms with Crippen molar-refractivity contribution in [2.24, 2.45) is 0 Å². The summed E-state index contributed by atoms with van der Waals surface area (Å²) in [4.78, 5) is 31.1. The zero-order valence-electron chi connectivity index (χ0n) is 14.9. The molecule has 1 amide bonds. The molecular weight excluding hydrogens is 328 g/mol. The van der Waals surface area contributed by atoms with E-state index in [-0.39, 0.29) is 5.56 Å². The molecule has 2 aromatic carbocycles. The summed E-state index contributed by atoms with van der Waals surface area (Å²) >= 11 is 0. The number of benzene rings is 2. The molecule has 1 aromatic heterocycles. The molecule has 26 heavy (non-hydrogen) atoms. The molecule has 0 aliphatic carbocycles. The molecule has 0 saturated carbocycles. The number of amides is 1. The quantitative estimate of drug-likeness (QED) is 0.736. The maximum absolute atomic E-state index is 12.5. The summed E-state index contributed by atoms with van der Waals surface area (Å²) in [5, 5.41) is 0.460. The number of hydrogen-bond donors (Lipinski definition) is 1. The molecule has 6 nitrogen and oxygen atoms in total. The lowest BCUT2D eigenvalue weighted by molar-refractivity contribution is -0.112. The van der Waals surface area contributed by atoms with Crippen molar-refractivity contribution >= 4 is 28.6 Å². The molecule has 3 aromatic rings. The van der Waals surface area contributed by atoms with Crippen LogP contribution in [0.15, 0.2) is 59.4 Å². The lowest BCUT2D eigenvalue weighted by Gasteiger charge is -2.12. The van der Waals surface area contributed by atoms with E-state index in [0.29, 0.717) is 16.7 Å². The normalized spacial score (nSPS) is 11.0. The van der Waals surface area contributed by atoms with Crippen LogP contribution in [0.3, 0.4) is 0 Å². The van der Waals surface area contributed by atoms with Crippen molar-refractivity contribution in [3.05, 3.63) is 76.3 Å². The predicted octanol–water partition coefficient (Wildman–Crippen LogP) is 2.55. The maximum atomic E-state index is 12.5. The highest BCUT2D eigenvalue weighted by Gasteiger charge is 2.09. The van der Waals surface area contributed by atoms with Gasteiger partial charge in [0.2, 0.25) is 0 Å². The van der Waals surface area contributed by atoms with Gasteiger partial charge in [0.1, 0.15) is 5.82 Å². The first-order chi connectivity index (χ1) is 12.5. The standard InChI is InChI=1S/C20H20N4O2/c1-14-21-18-7-5-4-6-17(18)20(26)24(14)22-19(25)13-10-15-8-11-16(12-9-15)23(2)3/h4-13H,1-3H3,(H,22,25)/b13-10+. The van der Waals surface area contributed by atoms with Crippen LogP contribution in [0, 0.1) is 6.92 Å². The summed E-state index contributed by atoms with van der Waals surface area (Å²) in [7, 11) is 3.94. The molecule has 0 saturated heterocycles. The molecule has 0 bridgehead atoms. The van der Waals surface area contributed by atoms with Crippen molar-refractivity contribution in [3.63, 3.8) is 0 Å². The minimum Gasteiger partial charge on any atom is -0.378 e. The van der Waals surface area contributed by atoms with Gasteiger partial charge in [-0.25, -0.2) is 9.66 Å². The Hall–Kier alpha value is -3.41. The Morgan fingerprint density at radius 3 is 2.50 bits per heavy atom. The van der Waals surface area contributed by atoms with E-state index < -0.39 is 5.91 Å². The van der Waals surface area contributed by atoms with Crippen molar-refractivity contribution < 1.29 is 4.79 Å². The lowest BCUT2D eigenvalue weighted by Crippen LogP contribution is -2.34. The van der Waals surface area contributed by atoms with Crippen molar-refractivity contribution in [2.45, 2.75) is 6.92 Å². The third-order valence-electron chi connectivity index (χ3n) is 4.00. The number of anilines is 1. The molecule has 6 heteroatoms. The molecule has 0 unspecified atom stereocenters. The van der Waals surface area contributed by atoms with Gasteiger partial charge in [-0.15, -0.1) is 0 Å².